The van der Waals surface area contributed by atoms with Crippen molar-refractivity contribution in [3.05, 3.63) is 23.3 Å². The van der Waals surface area contributed by atoms with Crippen LogP contribution in [0.1, 0.15) is 46.0 Å². The second-order valence-corrected chi connectivity index (χ2v) is 4.78. The molecule has 0 aromatic heterocycles. The first-order valence-electron chi connectivity index (χ1n) is 6.73. The molecule has 3 nitrogen and oxygen atoms in total. The Morgan fingerprint density at radius 3 is 2.83 bits per heavy atom. The highest BCUT2D eigenvalue weighted by molar-refractivity contribution is 5.71. The summed E-state index contributed by atoms with van der Waals surface area (Å²) in [5.74, 6) is 0. The molecular weight excluding hydrogens is 228 g/mol. The molecule has 1 rings (SSSR count). The molecule has 0 spiro atoms. The zero-order valence-electron chi connectivity index (χ0n) is 11.5. The number of hydrogen-bond donors (Lipinski definition) is 0. The van der Waals surface area contributed by atoms with Gasteiger partial charge in [0.25, 0.3) is 0 Å². The van der Waals surface area contributed by atoms with Crippen molar-refractivity contribution in [2.75, 3.05) is 13.2 Å². The summed E-state index contributed by atoms with van der Waals surface area (Å²) in [6.45, 7) is 5.36. The first-order chi connectivity index (χ1) is 8.72. The van der Waals surface area contributed by atoms with Gasteiger partial charge in [-0.15, -0.1) is 0 Å². The van der Waals surface area contributed by atoms with E-state index >= 15 is 0 Å². The molecule has 1 saturated heterocycles. The van der Waals surface area contributed by atoms with Crippen LogP contribution in [-0.2, 0) is 14.3 Å². The summed E-state index contributed by atoms with van der Waals surface area (Å²) < 4.78 is 11.1. The van der Waals surface area contributed by atoms with Gasteiger partial charge in [0, 0.05) is 6.61 Å². The molecule has 3 heteroatoms. The van der Waals surface area contributed by atoms with E-state index in [-0.39, 0.29) is 6.29 Å². The summed E-state index contributed by atoms with van der Waals surface area (Å²) >= 11 is 0. The quantitative estimate of drug-likeness (QED) is 0.396. The third-order valence-electron chi connectivity index (χ3n) is 3.04. The van der Waals surface area contributed by atoms with Crippen molar-refractivity contribution in [3.8, 4) is 0 Å². The normalized spacial score (nSPS) is 22.0. The number of aldehydes is 1. The number of allylic oxidation sites excluding steroid dienone is 3. The minimum absolute atomic E-state index is 0.0139. The highest BCUT2D eigenvalue weighted by Gasteiger charge is 2.12. The van der Waals surface area contributed by atoms with Crippen molar-refractivity contribution < 1.29 is 14.3 Å². The summed E-state index contributed by atoms with van der Waals surface area (Å²) in [5, 5.41) is 0. The Morgan fingerprint density at radius 1 is 1.33 bits per heavy atom. The van der Waals surface area contributed by atoms with E-state index < -0.39 is 0 Å². The third kappa shape index (κ3) is 6.72. The second kappa shape index (κ2) is 9.06. The molecule has 1 atom stereocenters. The Balaban J connectivity index is 2.14. The van der Waals surface area contributed by atoms with Gasteiger partial charge in [0.05, 0.1) is 6.61 Å². The second-order valence-electron chi connectivity index (χ2n) is 4.78. The summed E-state index contributed by atoms with van der Waals surface area (Å²) in [5.41, 5.74) is 2.09. The maximum absolute atomic E-state index is 10.4. The SMILES string of the molecule is CC(C=O)=CCCC(C)=CCOC1CCCCO1. The fourth-order valence-electron chi connectivity index (χ4n) is 1.82. The van der Waals surface area contributed by atoms with Gasteiger partial charge < -0.3 is 9.47 Å². The largest absolute Gasteiger partial charge is 0.353 e. The molecule has 0 saturated carbocycles. The topological polar surface area (TPSA) is 35.5 Å². The monoisotopic (exact) mass is 252 g/mol. The van der Waals surface area contributed by atoms with Gasteiger partial charge in [-0.05, 0) is 51.5 Å². The minimum Gasteiger partial charge on any atom is -0.353 e. The van der Waals surface area contributed by atoms with Crippen molar-refractivity contribution in [1.29, 1.82) is 0 Å². The lowest BCUT2D eigenvalue weighted by Crippen LogP contribution is -2.22. The highest BCUT2D eigenvalue weighted by Crippen LogP contribution is 2.14. The van der Waals surface area contributed by atoms with Crippen LogP contribution in [-0.4, -0.2) is 25.8 Å². The van der Waals surface area contributed by atoms with E-state index in [0.29, 0.717) is 6.61 Å². The van der Waals surface area contributed by atoms with E-state index in [1.807, 2.05) is 13.0 Å². The molecule has 0 aromatic carbocycles. The van der Waals surface area contributed by atoms with Gasteiger partial charge in [-0.1, -0.05) is 17.7 Å². The third-order valence-corrected chi connectivity index (χ3v) is 3.04. The Bertz CT molecular complexity index is 299. The highest BCUT2D eigenvalue weighted by atomic mass is 16.7. The predicted molar refractivity (Wildman–Crippen MR) is 72.4 cm³/mol. The summed E-state index contributed by atoms with van der Waals surface area (Å²) in [6, 6.07) is 0. The van der Waals surface area contributed by atoms with Crippen molar-refractivity contribution in [3.63, 3.8) is 0 Å². The number of carbonyl (C=O) groups is 1. The van der Waals surface area contributed by atoms with E-state index in [0.717, 1.165) is 44.1 Å². The smallest absolute Gasteiger partial charge is 0.157 e. The lowest BCUT2D eigenvalue weighted by Gasteiger charge is -2.22. The minimum atomic E-state index is -0.0139. The van der Waals surface area contributed by atoms with E-state index in [4.69, 9.17) is 9.47 Å². The standard InChI is InChI=1S/C15H24O3/c1-13(6-5-7-14(2)12-16)9-11-18-15-8-3-4-10-17-15/h7,9,12,15H,3-6,8,10-11H2,1-2H3. The molecule has 1 aliphatic heterocycles. The first-order valence-corrected chi connectivity index (χ1v) is 6.73. The zero-order valence-corrected chi connectivity index (χ0v) is 11.5. The Kier molecular flexibility index (Phi) is 7.62. The van der Waals surface area contributed by atoms with Gasteiger partial charge in [-0.25, -0.2) is 0 Å². The summed E-state index contributed by atoms with van der Waals surface area (Å²) in [6.07, 6.45) is 10.2. The molecule has 1 aliphatic rings. The average molecular weight is 252 g/mol. The van der Waals surface area contributed by atoms with Crippen LogP contribution in [0.4, 0.5) is 0 Å². The lowest BCUT2D eigenvalue weighted by atomic mass is 10.1. The van der Waals surface area contributed by atoms with Crippen LogP contribution in [0.25, 0.3) is 0 Å². The van der Waals surface area contributed by atoms with Gasteiger partial charge in [-0.2, -0.15) is 0 Å². The maximum Gasteiger partial charge on any atom is 0.157 e. The van der Waals surface area contributed by atoms with Gasteiger partial charge in [0.1, 0.15) is 6.29 Å². The van der Waals surface area contributed by atoms with E-state index in [1.165, 1.54) is 12.0 Å². The predicted octanol–water partition coefficient (Wildman–Crippen LogP) is 3.40. The van der Waals surface area contributed by atoms with Crippen molar-refractivity contribution in [2.45, 2.75) is 52.2 Å². The molecule has 1 unspecified atom stereocenters. The van der Waals surface area contributed by atoms with Crippen LogP contribution in [0.3, 0.4) is 0 Å². The molecule has 0 radical (unpaired) electrons. The number of ether oxygens (including phenoxy) is 2. The molecule has 1 heterocycles. The van der Waals surface area contributed by atoms with Crippen LogP contribution in [0.2, 0.25) is 0 Å². The molecule has 0 bridgehead atoms. The lowest BCUT2D eigenvalue weighted by molar-refractivity contribution is -0.155. The molecule has 0 aromatic rings. The maximum atomic E-state index is 10.4. The fraction of sp³-hybridized carbons (Fsp3) is 0.667. The molecule has 1 fully saturated rings. The van der Waals surface area contributed by atoms with Crippen LogP contribution in [0.15, 0.2) is 23.3 Å². The van der Waals surface area contributed by atoms with Crippen molar-refractivity contribution >= 4 is 6.29 Å². The van der Waals surface area contributed by atoms with Crippen molar-refractivity contribution in [2.24, 2.45) is 0 Å². The van der Waals surface area contributed by atoms with Crippen LogP contribution < -0.4 is 0 Å². The van der Waals surface area contributed by atoms with E-state index in [9.17, 15) is 4.79 Å². The Labute approximate surface area is 110 Å². The molecule has 102 valence electrons. The van der Waals surface area contributed by atoms with Gasteiger partial charge >= 0.3 is 0 Å². The molecular formula is C15H24O3. The summed E-state index contributed by atoms with van der Waals surface area (Å²) in [7, 11) is 0. The fourth-order valence-corrected chi connectivity index (χ4v) is 1.82. The number of rotatable bonds is 7. The average Bonchev–Trinajstić information content (AvgIpc) is 2.39. The number of carbonyl (C=O) groups excluding carboxylic acids is 1. The van der Waals surface area contributed by atoms with E-state index in [2.05, 4.69) is 13.0 Å². The zero-order chi connectivity index (χ0) is 13.2. The van der Waals surface area contributed by atoms with Gasteiger partial charge in [0.2, 0.25) is 0 Å². The van der Waals surface area contributed by atoms with Crippen LogP contribution >= 0.6 is 0 Å². The molecule has 18 heavy (non-hydrogen) atoms. The first kappa shape index (κ1) is 15.1. The van der Waals surface area contributed by atoms with Gasteiger partial charge in [0.15, 0.2) is 6.29 Å². The molecule has 0 aliphatic carbocycles. The molecule has 0 amide bonds. The molecule has 0 N–H and O–H groups in total. The Hall–Kier alpha value is -0.930. The van der Waals surface area contributed by atoms with Crippen LogP contribution in [0, 0.1) is 0 Å². The Morgan fingerprint density at radius 2 is 2.17 bits per heavy atom. The van der Waals surface area contributed by atoms with Gasteiger partial charge in [-0.3, -0.25) is 4.79 Å². The van der Waals surface area contributed by atoms with Crippen LogP contribution in [0.5, 0.6) is 0 Å². The van der Waals surface area contributed by atoms with E-state index in [1.54, 1.807) is 0 Å². The van der Waals surface area contributed by atoms with Crippen molar-refractivity contribution in [1.82, 2.24) is 0 Å². The summed E-state index contributed by atoms with van der Waals surface area (Å²) in [4.78, 5) is 10.4. The number of hydrogen-bond acceptors (Lipinski definition) is 3.